The van der Waals surface area contributed by atoms with Gasteiger partial charge in [-0.15, -0.1) is 0 Å². The number of nitrogen functional groups attached to an aromatic ring is 1. The molecule has 0 radical (unpaired) electrons. The lowest BCUT2D eigenvalue weighted by molar-refractivity contribution is 0.383. The van der Waals surface area contributed by atoms with Crippen molar-refractivity contribution in [1.82, 2.24) is 29.5 Å². The van der Waals surface area contributed by atoms with Crippen LogP contribution in [0.3, 0.4) is 0 Å². The quantitative estimate of drug-likeness (QED) is 0.680. The SMILES string of the molecule is Cc1ccc(S(=O)(=O)NC2CCC2)cc1-c1cnc(N)c(-n2cncn2)n1. The van der Waals surface area contributed by atoms with Gasteiger partial charge in [-0.3, -0.25) is 0 Å². The Hall–Kier alpha value is -2.85. The van der Waals surface area contributed by atoms with Gasteiger partial charge in [-0.1, -0.05) is 12.5 Å². The number of rotatable bonds is 5. The van der Waals surface area contributed by atoms with Crippen molar-refractivity contribution in [2.75, 3.05) is 5.73 Å². The third-order valence-electron chi connectivity index (χ3n) is 4.64. The molecule has 0 saturated heterocycles. The Labute approximate surface area is 156 Å². The number of benzene rings is 1. The Morgan fingerprint density at radius 2 is 2.11 bits per heavy atom. The molecule has 2 aromatic heterocycles. The van der Waals surface area contributed by atoms with E-state index in [4.69, 9.17) is 5.73 Å². The second-order valence-electron chi connectivity index (χ2n) is 6.53. The van der Waals surface area contributed by atoms with Gasteiger partial charge in [0.2, 0.25) is 10.0 Å². The molecule has 10 heteroatoms. The topological polar surface area (TPSA) is 129 Å². The van der Waals surface area contributed by atoms with Crippen molar-refractivity contribution in [2.45, 2.75) is 37.1 Å². The molecule has 0 aliphatic heterocycles. The molecule has 0 unspecified atom stereocenters. The maximum absolute atomic E-state index is 12.6. The van der Waals surface area contributed by atoms with Crippen LogP contribution in [0.5, 0.6) is 0 Å². The molecule has 0 spiro atoms. The Morgan fingerprint density at radius 3 is 2.78 bits per heavy atom. The lowest BCUT2D eigenvalue weighted by Crippen LogP contribution is -2.39. The minimum Gasteiger partial charge on any atom is -0.381 e. The number of nitrogens with zero attached hydrogens (tertiary/aromatic N) is 5. The molecule has 1 aliphatic rings. The highest BCUT2D eigenvalue weighted by Crippen LogP contribution is 2.27. The van der Waals surface area contributed by atoms with E-state index in [1.807, 2.05) is 6.92 Å². The third-order valence-corrected chi connectivity index (χ3v) is 6.16. The maximum atomic E-state index is 12.6. The lowest BCUT2D eigenvalue weighted by Gasteiger charge is -2.26. The highest BCUT2D eigenvalue weighted by Gasteiger charge is 2.25. The van der Waals surface area contributed by atoms with E-state index >= 15 is 0 Å². The fourth-order valence-electron chi connectivity index (χ4n) is 2.86. The molecule has 140 valence electrons. The number of nitrogens with two attached hydrogens (primary N) is 1. The van der Waals surface area contributed by atoms with Crippen molar-refractivity contribution < 1.29 is 8.42 Å². The van der Waals surface area contributed by atoms with Gasteiger partial charge in [-0.2, -0.15) is 9.78 Å². The minimum absolute atomic E-state index is 0.0231. The average Bonchev–Trinajstić information content (AvgIpc) is 3.14. The molecule has 27 heavy (non-hydrogen) atoms. The molecular weight excluding hydrogens is 366 g/mol. The van der Waals surface area contributed by atoms with E-state index in [1.165, 1.54) is 23.5 Å². The molecule has 1 fully saturated rings. The molecule has 1 aliphatic carbocycles. The molecule has 3 N–H and O–H groups in total. The van der Waals surface area contributed by atoms with E-state index in [1.54, 1.807) is 18.2 Å². The Morgan fingerprint density at radius 1 is 1.30 bits per heavy atom. The standard InChI is InChI=1S/C17H19N7O2S/c1-11-5-6-13(27(25,26)23-12-3-2-4-12)7-14(11)15-8-20-16(18)17(22-15)24-10-19-9-21-24/h5-10,12,23H,2-4H2,1H3,(H2,18,20). The average molecular weight is 385 g/mol. The van der Waals surface area contributed by atoms with Crippen LogP contribution < -0.4 is 10.5 Å². The van der Waals surface area contributed by atoms with Gasteiger partial charge < -0.3 is 5.73 Å². The summed E-state index contributed by atoms with van der Waals surface area (Å²) in [5.74, 6) is 0.544. The molecule has 2 heterocycles. The summed E-state index contributed by atoms with van der Waals surface area (Å²) < 4.78 is 29.5. The van der Waals surface area contributed by atoms with Gasteiger partial charge in [0.1, 0.15) is 12.7 Å². The summed E-state index contributed by atoms with van der Waals surface area (Å²) in [7, 11) is -3.58. The van der Waals surface area contributed by atoms with Crippen LogP contribution in [0.1, 0.15) is 24.8 Å². The Bertz CT molecular complexity index is 1080. The second kappa shape index (κ2) is 6.71. The van der Waals surface area contributed by atoms with Crippen LogP contribution in [0.4, 0.5) is 5.82 Å². The summed E-state index contributed by atoms with van der Waals surface area (Å²) >= 11 is 0. The van der Waals surface area contributed by atoms with Crippen molar-refractivity contribution in [1.29, 1.82) is 0 Å². The summed E-state index contributed by atoms with van der Waals surface area (Å²) in [5, 5.41) is 4.03. The fourth-order valence-corrected chi connectivity index (χ4v) is 4.19. The predicted octanol–water partition coefficient (Wildman–Crippen LogP) is 1.45. The Balaban J connectivity index is 1.75. The number of aryl methyl sites for hydroxylation is 1. The van der Waals surface area contributed by atoms with Crippen LogP contribution in [0.15, 0.2) is 41.9 Å². The van der Waals surface area contributed by atoms with Gasteiger partial charge in [0, 0.05) is 11.6 Å². The number of anilines is 1. The predicted molar refractivity (Wildman–Crippen MR) is 99.5 cm³/mol. The summed E-state index contributed by atoms with van der Waals surface area (Å²) in [4.78, 5) is 12.8. The first-order valence-electron chi connectivity index (χ1n) is 8.55. The van der Waals surface area contributed by atoms with Crippen LogP contribution in [0.25, 0.3) is 17.1 Å². The van der Waals surface area contributed by atoms with E-state index in [0.29, 0.717) is 17.1 Å². The normalized spacial score (nSPS) is 14.9. The van der Waals surface area contributed by atoms with Crippen LogP contribution in [0, 0.1) is 6.92 Å². The van der Waals surface area contributed by atoms with Crippen LogP contribution in [-0.4, -0.2) is 39.2 Å². The first-order valence-corrected chi connectivity index (χ1v) is 10.0. The lowest BCUT2D eigenvalue weighted by atomic mass is 9.94. The van der Waals surface area contributed by atoms with Crippen LogP contribution in [-0.2, 0) is 10.0 Å². The summed E-state index contributed by atoms with van der Waals surface area (Å²) in [6, 6.07) is 5.00. The second-order valence-corrected chi connectivity index (χ2v) is 8.24. The van der Waals surface area contributed by atoms with Gasteiger partial charge in [0.05, 0.1) is 16.8 Å². The first kappa shape index (κ1) is 17.6. The van der Waals surface area contributed by atoms with Gasteiger partial charge >= 0.3 is 0 Å². The first-order chi connectivity index (χ1) is 12.9. The smallest absolute Gasteiger partial charge is 0.240 e. The third kappa shape index (κ3) is 3.40. The van der Waals surface area contributed by atoms with Crippen LogP contribution >= 0.6 is 0 Å². The largest absolute Gasteiger partial charge is 0.381 e. The zero-order chi connectivity index (χ0) is 19.0. The summed E-state index contributed by atoms with van der Waals surface area (Å²) in [5.41, 5.74) is 7.95. The molecule has 1 saturated carbocycles. The fraction of sp³-hybridized carbons (Fsp3) is 0.294. The summed E-state index contributed by atoms with van der Waals surface area (Å²) in [6.07, 6.45) is 7.18. The van der Waals surface area contributed by atoms with E-state index in [-0.39, 0.29) is 16.8 Å². The highest BCUT2D eigenvalue weighted by molar-refractivity contribution is 7.89. The van der Waals surface area contributed by atoms with Crippen molar-refractivity contribution in [2.24, 2.45) is 0 Å². The molecule has 0 bridgehead atoms. The van der Waals surface area contributed by atoms with Gasteiger partial charge in [0.15, 0.2) is 11.6 Å². The van der Waals surface area contributed by atoms with Crippen molar-refractivity contribution in [3.8, 4) is 17.1 Å². The number of sulfonamides is 1. The molecule has 0 amide bonds. The van der Waals surface area contributed by atoms with Crippen molar-refractivity contribution in [3.05, 3.63) is 42.6 Å². The highest BCUT2D eigenvalue weighted by atomic mass is 32.2. The molecule has 9 nitrogen and oxygen atoms in total. The molecule has 0 atom stereocenters. The molecule has 3 aromatic rings. The zero-order valence-corrected chi connectivity index (χ0v) is 15.5. The van der Waals surface area contributed by atoms with E-state index in [9.17, 15) is 8.42 Å². The summed E-state index contributed by atoms with van der Waals surface area (Å²) in [6.45, 7) is 1.89. The van der Waals surface area contributed by atoms with Gasteiger partial charge in [-0.25, -0.2) is 28.1 Å². The Kier molecular flexibility index (Phi) is 4.36. The van der Waals surface area contributed by atoms with Crippen LogP contribution in [0.2, 0.25) is 0 Å². The number of hydrogen-bond acceptors (Lipinski definition) is 7. The van der Waals surface area contributed by atoms with Gasteiger partial charge in [-0.05, 0) is 37.5 Å². The van der Waals surface area contributed by atoms with Crippen molar-refractivity contribution in [3.63, 3.8) is 0 Å². The molecule has 4 rings (SSSR count). The molecular formula is C17H19N7O2S. The maximum Gasteiger partial charge on any atom is 0.240 e. The zero-order valence-electron chi connectivity index (χ0n) is 14.7. The minimum atomic E-state index is -3.58. The number of aromatic nitrogens is 5. The number of hydrogen-bond donors (Lipinski definition) is 2. The van der Waals surface area contributed by atoms with E-state index < -0.39 is 10.0 Å². The van der Waals surface area contributed by atoms with E-state index in [2.05, 4.69) is 24.8 Å². The number of nitrogens with one attached hydrogen (secondary N) is 1. The van der Waals surface area contributed by atoms with Gasteiger partial charge in [0.25, 0.3) is 0 Å². The molecule has 1 aromatic carbocycles. The van der Waals surface area contributed by atoms with Crippen molar-refractivity contribution >= 4 is 15.8 Å². The monoisotopic (exact) mass is 385 g/mol. The van der Waals surface area contributed by atoms with E-state index in [0.717, 1.165) is 24.8 Å².